The summed E-state index contributed by atoms with van der Waals surface area (Å²) in [5.74, 6) is -0.268. The highest BCUT2D eigenvalue weighted by atomic mass is 16.6. The maximum Gasteiger partial charge on any atom is 0.320 e. The molecule has 8 nitrogen and oxygen atoms in total. The molecule has 162 valence electrons. The molecule has 2 unspecified atom stereocenters. The lowest BCUT2D eigenvalue weighted by molar-refractivity contribution is -0.188. The standard InChI is InChI=1S/C23H23NO7/c1-27-15-6-4-14(5-7-15)24-12-20-10-8-16(30-20)22(18(25)28-2)17-9-11-21(13-24,31-17)23(20,22)19(26)29-3/h4-11,16-17H,12-13H2,1-3H3/t16-,17+,20-,21+,22?,23?. The molecule has 5 aliphatic heterocycles. The van der Waals surface area contributed by atoms with Crippen LogP contribution in [0.5, 0.6) is 5.75 Å². The number of methoxy groups -OCH3 is 3. The Morgan fingerprint density at radius 3 is 1.94 bits per heavy atom. The number of anilines is 1. The molecular formula is C23H23NO7. The zero-order chi connectivity index (χ0) is 21.6. The monoisotopic (exact) mass is 425 g/mol. The van der Waals surface area contributed by atoms with Crippen LogP contribution in [0.15, 0.2) is 48.6 Å². The van der Waals surface area contributed by atoms with Gasteiger partial charge < -0.3 is 28.6 Å². The summed E-state index contributed by atoms with van der Waals surface area (Å²) in [5.41, 5.74) is -3.97. The largest absolute Gasteiger partial charge is 0.497 e. The van der Waals surface area contributed by atoms with E-state index in [1.54, 1.807) is 7.11 Å². The molecule has 0 radical (unpaired) electrons. The van der Waals surface area contributed by atoms with Gasteiger partial charge in [0.2, 0.25) is 0 Å². The van der Waals surface area contributed by atoms with Crippen LogP contribution < -0.4 is 9.64 Å². The van der Waals surface area contributed by atoms with E-state index in [0.29, 0.717) is 13.1 Å². The first-order chi connectivity index (χ1) is 14.9. The smallest absolute Gasteiger partial charge is 0.320 e. The summed E-state index contributed by atoms with van der Waals surface area (Å²) < 4.78 is 28.9. The fraction of sp³-hybridized carbons (Fsp3) is 0.478. The number of nitrogens with zero attached hydrogens (tertiary/aromatic N) is 1. The molecule has 6 atom stereocenters. The molecule has 0 amide bonds. The molecule has 3 fully saturated rings. The molecule has 31 heavy (non-hydrogen) atoms. The second-order valence-corrected chi connectivity index (χ2v) is 8.73. The van der Waals surface area contributed by atoms with Gasteiger partial charge in [0.15, 0.2) is 5.41 Å². The number of piperidine rings is 1. The van der Waals surface area contributed by atoms with Gasteiger partial charge in [-0.25, -0.2) is 0 Å². The number of ether oxygens (including phenoxy) is 5. The molecule has 0 aromatic heterocycles. The molecule has 2 spiro atoms. The van der Waals surface area contributed by atoms with Crippen molar-refractivity contribution >= 4 is 17.6 Å². The van der Waals surface area contributed by atoms with Crippen molar-refractivity contribution in [1.29, 1.82) is 0 Å². The molecule has 3 saturated heterocycles. The summed E-state index contributed by atoms with van der Waals surface area (Å²) in [5, 5.41) is 0. The van der Waals surface area contributed by atoms with Gasteiger partial charge in [-0.1, -0.05) is 24.3 Å². The van der Waals surface area contributed by atoms with Crippen LogP contribution in [0.3, 0.4) is 0 Å². The van der Waals surface area contributed by atoms with Gasteiger partial charge >= 0.3 is 11.9 Å². The normalized spacial score (nSPS) is 42.6. The number of benzene rings is 1. The van der Waals surface area contributed by atoms with Gasteiger partial charge in [0.05, 0.1) is 46.6 Å². The van der Waals surface area contributed by atoms with E-state index >= 15 is 0 Å². The Kier molecular flexibility index (Phi) is 3.47. The van der Waals surface area contributed by atoms with Crippen LogP contribution >= 0.6 is 0 Å². The molecule has 8 heteroatoms. The van der Waals surface area contributed by atoms with Gasteiger partial charge in [-0.2, -0.15) is 0 Å². The van der Waals surface area contributed by atoms with E-state index in [9.17, 15) is 9.59 Å². The minimum atomic E-state index is -1.38. The lowest BCUT2D eigenvalue weighted by Crippen LogP contribution is -2.77. The molecular weight excluding hydrogens is 402 g/mol. The van der Waals surface area contributed by atoms with Crippen molar-refractivity contribution in [3.8, 4) is 5.75 Å². The van der Waals surface area contributed by atoms with E-state index in [0.717, 1.165) is 11.4 Å². The second-order valence-electron chi connectivity index (χ2n) is 8.73. The van der Waals surface area contributed by atoms with E-state index in [1.807, 2.05) is 48.6 Å². The van der Waals surface area contributed by atoms with Gasteiger partial charge in [0, 0.05) is 5.69 Å². The lowest BCUT2D eigenvalue weighted by atomic mass is 9.44. The summed E-state index contributed by atoms with van der Waals surface area (Å²) in [6, 6.07) is 7.69. The number of rotatable bonds is 4. The Labute approximate surface area is 179 Å². The summed E-state index contributed by atoms with van der Waals surface area (Å²) in [6.07, 6.45) is 6.25. The molecule has 0 aliphatic carbocycles. The third-order valence-electron chi connectivity index (χ3n) is 7.85. The number of carbonyl (C=O) groups excluding carboxylic acids is 2. The van der Waals surface area contributed by atoms with Gasteiger partial charge in [-0.05, 0) is 24.3 Å². The SMILES string of the molecule is COC(=O)C12[C@@H]3C=C[C@@]4(CN(c5ccc(OC)cc5)C[C@]5(C=C[C@H]1O5)C24C(=O)OC)O3. The van der Waals surface area contributed by atoms with E-state index in [4.69, 9.17) is 23.7 Å². The summed E-state index contributed by atoms with van der Waals surface area (Å²) in [7, 11) is 4.30. The van der Waals surface area contributed by atoms with E-state index in [2.05, 4.69) is 4.90 Å². The minimum absolute atomic E-state index is 0.367. The molecule has 0 N–H and O–H groups in total. The van der Waals surface area contributed by atoms with Crippen molar-refractivity contribution in [3.05, 3.63) is 48.6 Å². The summed E-state index contributed by atoms with van der Waals surface area (Å²) >= 11 is 0. The van der Waals surface area contributed by atoms with Crippen molar-refractivity contribution in [2.24, 2.45) is 10.8 Å². The van der Waals surface area contributed by atoms with Gasteiger partial charge in [-0.15, -0.1) is 0 Å². The van der Waals surface area contributed by atoms with E-state index < -0.39 is 46.2 Å². The fourth-order valence-corrected chi connectivity index (χ4v) is 6.90. The van der Waals surface area contributed by atoms with Crippen LogP contribution in [-0.4, -0.2) is 69.8 Å². The van der Waals surface area contributed by atoms with Gasteiger partial charge in [-0.3, -0.25) is 9.59 Å². The first kappa shape index (κ1) is 18.9. The van der Waals surface area contributed by atoms with Crippen molar-refractivity contribution in [3.63, 3.8) is 0 Å². The maximum absolute atomic E-state index is 13.7. The molecule has 6 rings (SSSR count). The average Bonchev–Trinajstić information content (AvgIpc) is 3.53. The van der Waals surface area contributed by atoms with E-state index in [-0.39, 0.29) is 0 Å². The number of carbonyl (C=O) groups is 2. The summed E-state index contributed by atoms with van der Waals surface area (Å²) in [6.45, 7) is 0.734. The molecule has 4 bridgehead atoms. The highest BCUT2D eigenvalue weighted by Gasteiger charge is 2.95. The average molecular weight is 425 g/mol. The first-order valence-electron chi connectivity index (χ1n) is 10.2. The Morgan fingerprint density at radius 1 is 0.903 bits per heavy atom. The topological polar surface area (TPSA) is 83.5 Å². The van der Waals surface area contributed by atoms with Crippen LogP contribution in [0.25, 0.3) is 0 Å². The zero-order valence-electron chi connectivity index (χ0n) is 17.5. The number of hydrogen-bond donors (Lipinski definition) is 0. The Bertz CT molecular complexity index is 1010. The number of fused-ring (bicyclic) bond motifs is 4. The summed E-state index contributed by atoms with van der Waals surface area (Å²) in [4.78, 5) is 29.2. The third-order valence-corrected chi connectivity index (χ3v) is 7.85. The van der Waals surface area contributed by atoms with Crippen molar-refractivity contribution < 1.29 is 33.3 Å². The van der Waals surface area contributed by atoms with Crippen LogP contribution in [-0.2, 0) is 28.5 Å². The predicted octanol–water partition coefficient (Wildman–Crippen LogP) is 1.25. The number of esters is 2. The molecule has 5 heterocycles. The second kappa shape index (κ2) is 5.69. The Balaban J connectivity index is 1.57. The van der Waals surface area contributed by atoms with Crippen molar-refractivity contribution in [1.82, 2.24) is 0 Å². The van der Waals surface area contributed by atoms with Crippen LogP contribution in [0.1, 0.15) is 0 Å². The van der Waals surface area contributed by atoms with Crippen molar-refractivity contribution in [2.45, 2.75) is 23.4 Å². The highest BCUT2D eigenvalue weighted by molar-refractivity contribution is 5.97. The first-order valence-corrected chi connectivity index (χ1v) is 10.2. The van der Waals surface area contributed by atoms with Crippen LogP contribution in [0.2, 0.25) is 0 Å². The Hall–Kier alpha value is -2.84. The van der Waals surface area contributed by atoms with Gasteiger partial charge in [0.25, 0.3) is 0 Å². The molecule has 5 aliphatic rings. The predicted molar refractivity (Wildman–Crippen MR) is 108 cm³/mol. The molecule has 0 saturated carbocycles. The van der Waals surface area contributed by atoms with Crippen LogP contribution in [0.4, 0.5) is 5.69 Å². The van der Waals surface area contributed by atoms with E-state index in [1.165, 1.54) is 14.2 Å². The fourth-order valence-electron chi connectivity index (χ4n) is 6.90. The minimum Gasteiger partial charge on any atom is -0.497 e. The quantitative estimate of drug-likeness (QED) is 0.527. The van der Waals surface area contributed by atoms with Gasteiger partial charge in [0.1, 0.15) is 22.4 Å². The van der Waals surface area contributed by atoms with Crippen LogP contribution in [0, 0.1) is 10.8 Å². The maximum atomic E-state index is 13.7. The zero-order valence-corrected chi connectivity index (χ0v) is 17.5. The molecule has 1 aromatic rings. The number of hydrogen-bond acceptors (Lipinski definition) is 8. The molecule has 1 aromatic carbocycles. The lowest BCUT2D eigenvalue weighted by Gasteiger charge is -2.58. The highest BCUT2D eigenvalue weighted by Crippen LogP contribution is 2.77. The third kappa shape index (κ3) is 1.71. The Morgan fingerprint density at radius 2 is 1.45 bits per heavy atom. The van der Waals surface area contributed by atoms with Crippen molar-refractivity contribution in [2.75, 3.05) is 39.3 Å².